The van der Waals surface area contributed by atoms with Crippen molar-refractivity contribution in [3.63, 3.8) is 0 Å². The predicted octanol–water partition coefficient (Wildman–Crippen LogP) is 5.43. The summed E-state index contributed by atoms with van der Waals surface area (Å²) in [7, 11) is 0. The summed E-state index contributed by atoms with van der Waals surface area (Å²) in [5.41, 5.74) is 7.33. The van der Waals surface area contributed by atoms with Crippen molar-refractivity contribution in [3.8, 4) is 17.1 Å². The molecule has 0 aliphatic carbocycles. The smallest absolute Gasteiger partial charge is 0.252 e. The van der Waals surface area contributed by atoms with Gasteiger partial charge in [-0.15, -0.1) is 0 Å². The van der Waals surface area contributed by atoms with E-state index in [4.69, 9.17) is 14.5 Å². The van der Waals surface area contributed by atoms with Crippen LogP contribution in [0.2, 0.25) is 0 Å². The van der Waals surface area contributed by atoms with E-state index in [9.17, 15) is 4.79 Å². The topological polar surface area (TPSA) is 65.8 Å². The molecule has 0 bridgehead atoms. The number of aromatic nitrogens is 4. The molecule has 0 N–H and O–H groups in total. The van der Waals surface area contributed by atoms with Crippen LogP contribution in [0.3, 0.4) is 0 Å². The first-order chi connectivity index (χ1) is 15.8. The van der Waals surface area contributed by atoms with Crippen molar-refractivity contribution in [2.75, 3.05) is 0 Å². The maximum absolute atomic E-state index is 13.2. The molecular formula is C27H26N4O2. The third-order valence-corrected chi connectivity index (χ3v) is 6.15. The van der Waals surface area contributed by atoms with Crippen LogP contribution < -0.4 is 5.56 Å². The van der Waals surface area contributed by atoms with E-state index in [-0.39, 0.29) is 5.56 Å². The summed E-state index contributed by atoms with van der Waals surface area (Å²) in [5.74, 6) is 1.27. The molecule has 166 valence electrons. The van der Waals surface area contributed by atoms with E-state index in [2.05, 4.69) is 6.92 Å². The Morgan fingerprint density at radius 2 is 1.64 bits per heavy atom. The summed E-state index contributed by atoms with van der Waals surface area (Å²) in [6.07, 6.45) is 0. The molecule has 0 amide bonds. The molecule has 6 heteroatoms. The quantitative estimate of drug-likeness (QED) is 0.375. The molecular weight excluding hydrogens is 412 g/mol. The minimum absolute atomic E-state index is 0.0897. The molecule has 0 saturated heterocycles. The van der Waals surface area contributed by atoms with Crippen molar-refractivity contribution in [1.29, 1.82) is 0 Å². The lowest BCUT2D eigenvalue weighted by Gasteiger charge is -2.12. The summed E-state index contributed by atoms with van der Waals surface area (Å²) in [4.78, 5) is 18.0. The number of fused-ring (bicyclic) bond motifs is 1. The normalized spacial score (nSPS) is 11.4. The summed E-state index contributed by atoms with van der Waals surface area (Å²) >= 11 is 0. The lowest BCUT2D eigenvalue weighted by molar-refractivity contribution is 0.537. The Labute approximate surface area is 192 Å². The highest BCUT2D eigenvalue weighted by atomic mass is 16.4. The average Bonchev–Trinajstić information content (AvgIpc) is 3.32. The van der Waals surface area contributed by atoms with Gasteiger partial charge >= 0.3 is 0 Å². The number of pyridine rings is 1. The molecule has 0 spiro atoms. The number of rotatable bonds is 4. The average molecular weight is 439 g/mol. The number of nitrogens with zero attached hydrogens (tertiary/aromatic N) is 4. The zero-order chi connectivity index (χ0) is 23.3. The van der Waals surface area contributed by atoms with Gasteiger partial charge in [0, 0.05) is 17.0 Å². The van der Waals surface area contributed by atoms with Crippen LogP contribution in [0.25, 0.3) is 28.2 Å². The van der Waals surface area contributed by atoms with Crippen molar-refractivity contribution in [3.05, 3.63) is 98.8 Å². The minimum Gasteiger partial charge on any atom is -0.441 e. The Hall–Kier alpha value is -3.93. The third kappa shape index (κ3) is 3.57. The third-order valence-electron chi connectivity index (χ3n) is 6.15. The molecule has 0 aliphatic heterocycles. The van der Waals surface area contributed by atoms with E-state index in [1.165, 1.54) is 5.56 Å². The molecule has 0 atom stereocenters. The molecule has 0 aliphatic rings. The second-order valence-corrected chi connectivity index (χ2v) is 8.62. The Morgan fingerprint density at radius 1 is 0.909 bits per heavy atom. The highest BCUT2D eigenvalue weighted by molar-refractivity contribution is 5.83. The molecule has 2 aromatic carbocycles. The molecule has 0 fully saturated rings. The summed E-state index contributed by atoms with van der Waals surface area (Å²) < 4.78 is 9.62. The van der Waals surface area contributed by atoms with Gasteiger partial charge in [-0.05, 0) is 63.9 Å². The molecule has 5 rings (SSSR count). The number of benzene rings is 2. The Bertz CT molecular complexity index is 1550. The second-order valence-electron chi connectivity index (χ2n) is 8.62. The van der Waals surface area contributed by atoms with E-state index in [1.807, 2.05) is 80.9 Å². The van der Waals surface area contributed by atoms with Crippen molar-refractivity contribution in [2.45, 2.75) is 41.2 Å². The summed E-state index contributed by atoms with van der Waals surface area (Å²) in [6.45, 7) is 10.2. The maximum atomic E-state index is 13.2. The highest BCUT2D eigenvalue weighted by Crippen LogP contribution is 2.27. The van der Waals surface area contributed by atoms with Gasteiger partial charge < -0.3 is 4.42 Å². The first-order valence-corrected chi connectivity index (χ1v) is 11.0. The SMILES string of the molecule is Cc1ccc(-n2nc(C)c3c(C)cc(=O)n(Cc4nc(-c5ccccc5C)oc4C)c32)cc1. The van der Waals surface area contributed by atoms with Crippen LogP contribution >= 0.6 is 0 Å². The number of hydrogen-bond donors (Lipinski definition) is 0. The number of hydrogen-bond acceptors (Lipinski definition) is 4. The molecule has 0 saturated carbocycles. The molecule has 0 unspecified atom stereocenters. The van der Waals surface area contributed by atoms with Gasteiger partial charge in [-0.1, -0.05) is 35.9 Å². The zero-order valence-corrected chi connectivity index (χ0v) is 19.5. The fourth-order valence-electron chi connectivity index (χ4n) is 4.34. The molecule has 5 aromatic rings. The van der Waals surface area contributed by atoms with Crippen molar-refractivity contribution < 1.29 is 4.42 Å². The van der Waals surface area contributed by atoms with E-state index in [0.29, 0.717) is 18.2 Å². The van der Waals surface area contributed by atoms with Gasteiger partial charge in [-0.2, -0.15) is 5.10 Å². The molecule has 3 aromatic heterocycles. The van der Waals surface area contributed by atoms with Crippen LogP contribution in [0.5, 0.6) is 0 Å². The van der Waals surface area contributed by atoms with E-state index < -0.39 is 0 Å². The first kappa shape index (κ1) is 20.9. The first-order valence-electron chi connectivity index (χ1n) is 11.0. The lowest BCUT2D eigenvalue weighted by Crippen LogP contribution is -2.23. The molecule has 6 nitrogen and oxygen atoms in total. The summed E-state index contributed by atoms with van der Waals surface area (Å²) in [5, 5.41) is 5.78. The lowest BCUT2D eigenvalue weighted by atomic mass is 10.1. The van der Waals surface area contributed by atoms with Gasteiger partial charge in [0.05, 0.1) is 17.9 Å². The van der Waals surface area contributed by atoms with Crippen LogP contribution in [0, 0.1) is 34.6 Å². The fourth-order valence-corrected chi connectivity index (χ4v) is 4.34. The molecule has 0 radical (unpaired) electrons. The van der Waals surface area contributed by atoms with Crippen molar-refractivity contribution in [1.82, 2.24) is 19.3 Å². The highest BCUT2D eigenvalue weighted by Gasteiger charge is 2.20. The largest absolute Gasteiger partial charge is 0.441 e. The Balaban J connectivity index is 1.69. The minimum atomic E-state index is -0.0897. The standard InChI is InChI=1S/C27H26N4O2/c1-16-10-12-21(13-11-16)31-27-25(19(4)29-31)18(3)14-24(32)30(27)15-23-20(5)33-26(28-23)22-9-7-6-8-17(22)2/h6-14H,15H2,1-5H3. The zero-order valence-electron chi connectivity index (χ0n) is 19.5. The van der Waals surface area contributed by atoms with Gasteiger partial charge in [-0.25, -0.2) is 9.67 Å². The summed E-state index contributed by atoms with van der Waals surface area (Å²) in [6, 6.07) is 17.8. The Kier molecular flexibility index (Phi) is 5.01. The van der Waals surface area contributed by atoms with Crippen LogP contribution in [0.4, 0.5) is 0 Å². The fraction of sp³-hybridized carbons (Fsp3) is 0.222. The monoisotopic (exact) mass is 438 g/mol. The van der Waals surface area contributed by atoms with E-state index >= 15 is 0 Å². The van der Waals surface area contributed by atoms with Crippen LogP contribution in [0.1, 0.15) is 33.8 Å². The Morgan fingerprint density at radius 3 is 2.36 bits per heavy atom. The number of oxazole rings is 1. The van der Waals surface area contributed by atoms with Gasteiger partial charge in [-0.3, -0.25) is 9.36 Å². The number of aryl methyl sites for hydroxylation is 5. The van der Waals surface area contributed by atoms with Crippen molar-refractivity contribution in [2.24, 2.45) is 0 Å². The second kappa shape index (κ2) is 7.89. The molecule has 33 heavy (non-hydrogen) atoms. The van der Waals surface area contributed by atoms with Gasteiger partial charge in [0.2, 0.25) is 5.89 Å². The molecule has 3 heterocycles. The van der Waals surface area contributed by atoms with Crippen molar-refractivity contribution >= 4 is 11.0 Å². The van der Waals surface area contributed by atoms with E-state index in [0.717, 1.165) is 44.8 Å². The van der Waals surface area contributed by atoms with Gasteiger partial charge in [0.25, 0.3) is 5.56 Å². The van der Waals surface area contributed by atoms with Crippen LogP contribution in [-0.2, 0) is 6.54 Å². The van der Waals surface area contributed by atoms with E-state index in [1.54, 1.807) is 10.6 Å². The maximum Gasteiger partial charge on any atom is 0.252 e. The predicted molar refractivity (Wildman–Crippen MR) is 130 cm³/mol. The van der Waals surface area contributed by atoms with Crippen LogP contribution in [0.15, 0.2) is 63.8 Å². The van der Waals surface area contributed by atoms with Gasteiger partial charge in [0.15, 0.2) is 0 Å². The van der Waals surface area contributed by atoms with Crippen LogP contribution in [-0.4, -0.2) is 19.3 Å². The van der Waals surface area contributed by atoms with Gasteiger partial charge in [0.1, 0.15) is 17.1 Å².